The highest BCUT2D eigenvalue weighted by Gasteiger charge is 2.32. The van der Waals surface area contributed by atoms with E-state index in [0.717, 1.165) is 18.5 Å². The van der Waals surface area contributed by atoms with Gasteiger partial charge in [-0.05, 0) is 25.8 Å². The first kappa shape index (κ1) is 16.8. The van der Waals surface area contributed by atoms with E-state index in [-0.39, 0.29) is 12.5 Å². The van der Waals surface area contributed by atoms with Gasteiger partial charge >= 0.3 is 5.97 Å². The second-order valence-corrected chi connectivity index (χ2v) is 7.57. The Labute approximate surface area is 130 Å². The Morgan fingerprint density at radius 1 is 1.41 bits per heavy atom. The molecule has 0 aliphatic carbocycles. The van der Waals surface area contributed by atoms with Crippen molar-refractivity contribution in [3.63, 3.8) is 0 Å². The minimum atomic E-state index is -3.32. The zero-order chi connectivity index (χ0) is 16.3. The summed E-state index contributed by atoms with van der Waals surface area (Å²) in [6.07, 6.45) is 3.97. The van der Waals surface area contributed by atoms with Gasteiger partial charge in [0.15, 0.2) is 0 Å². The van der Waals surface area contributed by atoms with Gasteiger partial charge in [0.2, 0.25) is 10.0 Å². The highest BCUT2D eigenvalue weighted by atomic mass is 32.2. The van der Waals surface area contributed by atoms with Gasteiger partial charge in [-0.3, -0.25) is 4.79 Å². The molecule has 1 atom stereocenters. The lowest BCUT2D eigenvalue weighted by Crippen LogP contribution is -2.38. The number of piperidine rings is 1. The normalized spacial score (nSPS) is 20.0. The molecule has 0 aromatic carbocycles. The Kier molecular flexibility index (Phi) is 5.12. The zero-order valence-electron chi connectivity index (χ0n) is 12.8. The van der Waals surface area contributed by atoms with Crippen LogP contribution in [0.4, 0.5) is 0 Å². The molecule has 1 N–H and O–H groups in total. The monoisotopic (exact) mass is 327 g/mol. The average Bonchev–Trinajstić information content (AvgIpc) is 2.43. The van der Waals surface area contributed by atoms with Gasteiger partial charge in [0.25, 0.3) is 0 Å². The van der Waals surface area contributed by atoms with Crippen LogP contribution < -0.4 is 0 Å². The first-order chi connectivity index (χ1) is 10.3. The van der Waals surface area contributed by atoms with Crippen LogP contribution in [-0.4, -0.2) is 46.6 Å². The van der Waals surface area contributed by atoms with Crippen molar-refractivity contribution in [1.29, 1.82) is 0 Å². The highest BCUT2D eigenvalue weighted by Crippen LogP contribution is 2.31. The SMILES string of the molecule is Cc1cc(CCC(=O)O)nc([C@H]2CCCCN2S(C)(=O)=O)n1. The number of hydrogen-bond donors (Lipinski definition) is 1. The average molecular weight is 327 g/mol. The number of carboxylic acids is 1. The number of carboxylic acid groups (broad SMARTS) is 1. The molecule has 1 aliphatic rings. The van der Waals surface area contributed by atoms with Crippen LogP contribution >= 0.6 is 0 Å². The molecule has 2 heterocycles. The van der Waals surface area contributed by atoms with Crippen LogP contribution in [0.2, 0.25) is 0 Å². The van der Waals surface area contributed by atoms with Crippen molar-refractivity contribution in [1.82, 2.24) is 14.3 Å². The molecule has 2 rings (SSSR count). The van der Waals surface area contributed by atoms with Crippen molar-refractivity contribution in [2.75, 3.05) is 12.8 Å². The molecule has 1 saturated heterocycles. The van der Waals surface area contributed by atoms with Crippen molar-refractivity contribution in [2.24, 2.45) is 0 Å². The molecule has 8 heteroatoms. The van der Waals surface area contributed by atoms with E-state index in [1.807, 2.05) is 6.92 Å². The van der Waals surface area contributed by atoms with E-state index in [1.165, 1.54) is 10.6 Å². The second kappa shape index (κ2) is 6.70. The summed E-state index contributed by atoms with van der Waals surface area (Å²) < 4.78 is 25.3. The Morgan fingerprint density at radius 2 is 2.14 bits per heavy atom. The fourth-order valence-corrected chi connectivity index (χ4v) is 3.85. The molecule has 0 unspecified atom stereocenters. The maximum absolute atomic E-state index is 11.9. The number of rotatable bonds is 5. The van der Waals surface area contributed by atoms with Crippen molar-refractivity contribution < 1.29 is 18.3 Å². The summed E-state index contributed by atoms with van der Waals surface area (Å²) in [5, 5.41) is 8.78. The van der Waals surface area contributed by atoms with E-state index in [0.29, 0.717) is 30.9 Å². The molecule has 0 saturated carbocycles. The van der Waals surface area contributed by atoms with Crippen LogP contribution in [0.1, 0.15) is 48.9 Å². The predicted molar refractivity (Wildman–Crippen MR) is 80.9 cm³/mol. The number of aromatic nitrogens is 2. The summed E-state index contributed by atoms with van der Waals surface area (Å²) in [4.78, 5) is 19.5. The smallest absolute Gasteiger partial charge is 0.303 e. The molecule has 0 spiro atoms. The number of carbonyl (C=O) groups is 1. The van der Waals surface area contributed by atoms with Crippen LogP contribution in [-0.2, 0) is 21.2 Å². The lowest BCUT2D eigenvalue weighted by Gasteiger charge is -2.32. The summed E-state index contributed by atoms with van der Waals surface area (Å²) in [6.45, 7) is 2.29. The molecule has 0 radical (unpaired) electrons. The molecule has 1 fully saturated rings. The summed E-state index contributed by atoms with van der Waals surface area (Å²) in [7, 11) is -3.32. The minimum absolute atomic E-state index is 0.00362. The second-order valence-electron chi connectivity index (χ2n) is 5.64. The van der Waals surface area contributed by atoms with Gasteiger partial charge in [0.1, 0.15) is 5.82 Å². The summed E-state index contributed by atoms with van der Waals surface area (Å²) in [5.41, 5.74) is 1.37. The molecular weight excluding hydrogens is 306 g/mol. The van der Waals surface area contributed by atoms with Gasteiger partial charge in [0.05, 0.1) is 18.7 Å². The maximum atomic E-state index is 11.9. The van der Waals surface area contributed by atoms with Crippen LogP contribution in [0.3, 0.4) is 0 Å². The molecule has 1 aliphatic heterocycles. The largest absolute Gasteiger partial charge is 0.481 e. The maximum Gasteiger partial charge on any atom is 0.303 e. The fourth-order valence-electron chi connectivity index (χ4n) is 2.73. The number of nitrogens with zero attached hydrogens (tertiary/aromatic N) is 3. The van der Waals surface area contributed by atoms with Gasteiger partial charge in [-0.2, -0.15) is 4.31 Å². The Morgan fingerprint density at radius 3 is 2.77 bits per heavy atom. The van der Waals surface area contributed by atoms with Crippen LogP contribution in [0.25, 0.3) is 0 Å². The van der Waals surface area contributed by atoms with E-state index in [4.69, 9.17) is 5.11 Å². The highest BCUT2D eigenvalue weighted by molar-refractivity contribution is 7.88. The van der Waals surface area contributed by atoms with E-state index in [9.17, 15) is 13.2 Å². The molecule has 122 valence electrons. The molecule has 0 bridgehead atoms. The Bertz CT molecular complexity index is 660. The molecule has 22 heavy (non-hydrogen) atoms. The predicted octanol–water partition coefficient (Wildman–Crippen LogP) is 1.29. The van der Waals surface area contributed by atoms with Gasteiger partial charge in [-0.25, -0.2) is 18.4 Å². The first-order valence-corrected chi connectivity index (χ1v) is 9.15. The first-order valence-electron chi connectivity index (χ1n) is 7.30. The van der Waals surface area contributed by atoms with Crippen molar-refractivity contribution in [3.05, 3.63) is 23.3 Å². The third-order valence-corrected chi connectivity index (χ3v) is 4.99. The quantitative estimate of drug-likeness (QED) is 0.874. The van der Waals surface area contributed by atoms with Gasteiger partial charge in [-0.1, -0.05) is 6.42 Å². The third-order valence-electron chi connectivity index (χ3n) is 3.70. The lowest BCUT2D eigenvalue weighted by atomic mass is 10.0. The van der Waals surface area contributed by atoms with E-state index in [1.54, 1.807) is 6.07 Å². The van der Waals surface area contributed by atoms with E-state index < -0.39 is 16.0 Å². The number of hydrogen-bond acceptors (Lipinski definition) is 5. The van der Waals surface area contributed by atoms with Gasteiger partial charge in [-0.15, -0.1) is 0 Å². The standard InChI is InChI=1S/C14H21N3O4S/c1-10-9-11(6-7-13(18)19)16-14(15-10)12-5-3-4-8-17(12)22(2,20)21/h9,12H,3-8H2,1-2H3,(H,18,19)/t12-/m1/s1. The Balaban J connectivity index is 2.31. The van der Waals surface area contributed by atoms with Crippen LogP contribution in [0.15, 0.2) is 6.07 Å². The third kappa shape index (κ3) is 4.23. The number of aryl methyl sites for hydroxylation is 2. The lowest BCUT2D eigenvalue weighted by molar-refractivity contribution is -0.136. The van der Waals surface area contributed by atoms with E-state index >= 15 is 0 Å². The van der Waals surface area contributed by atoms with Gasteiger partial charge < -0.3 is 5.11 Å². The molecule has 1 aromatic rings. The Hall–Kier alpha value is -1.54. The number of aliphatic carboxylic acids is 1. The zero-order valence-corrected chi connectivity index (χ0v) is 13.6. The van der Waals surface area contributed by atoms with Crippen molar-refractivity contribution in [3.8, 4) is 0 Å². The molecule has 0 amide bonds. The minimum Gasteiger partial charge on any atom is -0.481 e. The molecule has 1 aromatic heterocycles. The number of sulfonamides is 1. The fraction of sp³-hybridized carbons (Fsp3) is 0.643. The van der Waals surface area contributed by atoms with Crippen molar-refractivity contribution in [2.45, 2.75) is 45.1 Å². The topological polar surface area (TPSA) is 100 Å². The summed E-state index contributed by atoms with van der Waals surface area (Å²) in [6, 6.07) is 1.40. The summed E-state index contributed by atoms with van der Waals surface area (Å²) in [5.74, 6) is -0.404. The molecular formula is C14H21N3O4S. The van der Waals surface area contributed by atoms with Crippen molar-refractivity contribution >= 4 is 16.0 Å². The molecule has 7 nitrogen and oxygen atoms in total. The van der Waals surface area contributed by atoms with Crippen LogP contribution in [0, 0.1) is 6.92 Å². The van der Waals surface area contributed by atoms with E-state index in [2.05, 4.69) is 9.97 Å². The van der Waals surface area contributed by atoms with Crippen LogP contribution in [0.5, 0.6) is 0 Å². The summed E-state index contributed by atoms with van der Waals surface area (Å²) >= 11 is 0. The van der Waals surface area contributed by atoms with Gasteiger partial charge in [0, 0.05) is 24.4 Å².